The zero-order valence-corrected chi connectivity index (χ0v) is 15.9. The third-order valence-electron chi connectivity index (χ3n) is 5.03. The Morgan fingerprint density at radius 1 is 1.18 bits per heavy atom. The van der Waals surface area contributed by atoms with Gasteiger partial charge in [0.05, 0.1) is 24.1 Å². The van der Waals surface area contributed by atoms with Crippen molar-refractivity contribution >= 4 is 5.91 Å². The van der Waals surface area contributed by atoms with Crippen molar-refractivity contribution in [3.63, 3.8) is 0 Å². The van der Waals surface area contributed by atoms with Crippen LogP contribution < -0.4 is 4.74 Å². The number of amides is 1. The van der Waals surface area contributed by atoms with E-state index in [9.17, 15) is 4.79 Å². The number of piperidine rings is 1. The number of carbonyl (C=O) groups excluding carboxylic acids is 1. The first-order chi connectivity index (χ1) is 13.7. The maximum Gasteiger partial charge on any atom is 0.257 e. The second kappa shape index (κ2) is 8.21. The normalized spacial score (nSPS) is 14.8. The zero-order chi connectivity index (χ0) is 19.3. The van der Waals surface area contributed by atoms with Crippen LogP contribution in [-0.4, -0.2) is 50.3 Å². The summed E-state index contributed by atoms with van der Waals surface area (Å²) < 4.78 is 7.58. The van der Waals surface area contributed by atoms with Crippen LogP contribution in [0.5, 0.6) is 5.88 Å². The molecule has 2 aromatic heterocycles. The molecule has 0 radical (unpaired) electrons. The lowest BCUT2D eigenvalue weighted by Gasteiger charge is -2.31. The predicted octanol–water partition coefficient (Wildman–Crippen LogP) is 2.81. The average molecular weight is 377 g/mol. The highest BCUT2D eigenvalue weighted by Gasteiger charge is 2.24. The minimum Gasteiger partial charge on any atom is -0.477 e. The molecule has 1 amide bonds. The summed E-state index contributed by atoms with van der Waals surface area (Å²) in [6, 6.07) is 11.9. The third kappa shape index (κ3) is 4.19. The highest BCUT2D eigenvalue weighted by atomic mass is 16.5. The first-order valence-electron chi connectivity index (χ1n) is 9.47. The Kier molecular flexibility index (Phi) is 5.32. The van der Waals surface area contributed by atoms with Gasteiger partial charge in [-0.3, -0.25) is 9.48 Å². The lowest BCUT2D eigenvalue weighted by Crippen LogP contribution is -2.39. The van der Waals surface area contributed by atoms with Gasteiger partial charge in [0.2, 0.25) is 5.88 Å². The lowest BCUT2D eigenvalue weighted by molar-refractivity contribution is 0.0659. The van der Waals surface area contributed by atoms with E-state index in [2.05, 4.69) is 15.1 Å². The monoisotopic (exact) mass is 377 g/mol. The molecule has 3 aromatic rings. The number of likely N-dealkylation sites (tertiary alicyclic amines) is 1. The summed E-state index contributed by atoms with van der Waals surface area (Å²) in [5.74, 6) is 1.05. The number of ether oxygens (including phenoxy) is 1. The summed E-state index contributed by atoms with van der Waals surface area (Å²) in [5.41, 5.74) is 2.53. The summed E-state index contributed by atoms with van der Waals surface area (Å²) in [6.45, 7) is 2.07. The highest BCUT2D eigenvalue weighted by molar-refractivity contribution is 5.93. The number of rotatable bonds is 5. The van der Waals surface area contributed by atoms with Crippen molar-refractivity contribution in [2.24, 2.45) is 13.0 Å². The standard InChI is InChI=1S/C21H23N5O2/c1-25-13-18(12-24-25)21(27)26-9-7-16(8-10-26)14-28-20-11-19(22-15-23-20)17-5-3-2-4-6-17/h2-6,11-13,15-16H,7-10,14H2,1H3. The van der Waals surface area contributed by atoms with Crippen LogP contribution in [0.3, 0.4) is 0 Å². The van der Waals surface area contributed by atoms with Crippen LogP contribution in [-0.2, 0) is 7.05 Å². The van der Waals surface area contributed by atoms with E-state index in [1.54, 1.807) is 17.1 Å². The largest absolute Gasteiger partial charge is 0.477 e. The Hall–Kier alpha value is -3.22. The minimum atomic E-state index is 0.0516. The molecule has 7 nitrogen and oxygen atoms in total. The van der Waals surface area contributed by atoms with E-state index in [-0.39, 0.29) is 5.91 Å². The fourth-order valence-electron chi connectivity index (χ4n) is 3.41. The van der Waals surface area contributed by atoms with Gasteiger partial charge in [-0.1, -0.05) is 30.3 Å². The smallest absolute Gasteiger partial charge is 0.257 e. The van der Waals surface area contributed by atoms with Crippen LogP contribution in [0.25, 0.3) is 11.3 Å². The maximum atomic E-state index is 12.5. The van der Waals surface area contributed by atoms with Crippen molar-refractivity contribution in [1.82, 2.24) is 24.6 Å². The molecule has 1 aromatic carbocycles. The summed E-state index contributed by atoms with van der Waals surface area (Å²) in [6.07, 6.45) is 6.76. The Bertz CT molecular complexity index is 933. The molecule has 1 aliphatic rings. The molecule has 28 heavy (non-hydrogen) atoms. The summed E-state index contributed by atoms with van der Waals surface area (Å²) in [4.78, 5) is 22.9. The van der Waals surface area contributed by atoms with Crippen molar-refractivity contribution in [3.05, 3.63) is 60.7 Å². The van der Waals surface area contributed by atoms with E-state index in [4.69, 9.17) is 4.74 Å². The van der Waals surface area contributed by atoms with Gasteiger partial charge in [0, 0.05) is 38.0 Å². The number of benzene rings is 1. The molecule has 0 saturated carbocycles. The molecular weight excluding hydrogens is 354 g/mol. The van der Waals surface area contributed by atoms with E-state index in [1.807, 2.05) is 48.3 Å². The molecule has 0 bridgehead atoms. The van der Waals surface area contributed by atoms with Crippen LogP contribution in [0.2, 0.25) is 0 Å². The van der Waals surface area contributed by atoms with E-state index < -0.39 is 0 Å². The van der Waals surface area contributed by atoms with E-state index in [0.29, 0.717) is 24.0 Å². The molecule has 3 heterocycles. The molecule has 0 N–H and O–H groups in total. The fraction of sp³-hybridized carbons (Fsp3) is 0.333. The molecule has 0 aliphatic carbocycles. The van der Waals surface area contributed by atoms with Crippen molar-refractivity contribution in [2.75, 3.05) is 19.7 Å². The predicted molar refractivity (Wildman–Crippen MR) is 105 cm³/mol. The summed E-state index contributed by atoms with van der Waals surface area (Å²) in [7, 11) is 1.82. The molecule has 0 unspecified atom stereocenters. The van der Waals surface area contributed by atoms with Crippen molar-refractivity contribution < 1.29 is 9.53 Å². The first kappa shape index (κ1) is 18.2. The molecule has 0 spiro atoms. The second-order valence-electron chi connectivity index (χ2n) is 7.06. The Morgan fingerprint density at radius 3 is 2.68 bits per heavy atom. The molecule has 1 fully saturated rings. The van der Waals surface area contributed by atoms with Crippen LogP contribution in [0.1, 0.15) is 23.2 Å². The van der Waals surface area contributed by atoms with E-state index >= 15 is 0 Å². The minimum absolute atomic E-state index is 0.0516. The van der Waals surface area contributed by atoms with Gasteiger partial charge in [0.15, 0.2) is 0 Å². The number of aryl methyl sites for hydroxylation is 1. The molecule has 0 atom stereocenters. The van der Waals surface area contributed by atoms with Gasteiger partial charge in [0.1, 0.15) is 6.33 Å². The van der Waals surface area contributed by atoms with Crippen LogP contribution in [0.4, 0.5) is 0 Å². The molecule has 4 rings (SSSR count). The van der Waals surface area contributed by atoms with Gasteiger partial charge >= 0.3 is 0 Å². The Balaban J connectivity index is 1.29. The van der Waals surface area contributed by atoms with Gasteiger partial charge in [-0.15, -0.1) is 0 Å². The van der Waals surface area contributed by atoms with Gasteiger partial charge in [-0.05, 0) is 18.8 Å². The Morgan fingerprint density at radius 2 is 1.96 bits per heavy atom. The quantitative estimate of drug-likeness (QED) is 0.684. The number of hydrogen-bond acceptors (Lipinski definition) is 5. The van der Waals surface area contributed by atoms with Crippen LogP contribution in [0, 0.1) is 5.92 Å². The van der Waals surface area contributed by atoms with Gasteiger partial charge < -0.3 is 9.64 Å². The van der Waals surface area contributed by atoms with Gasteiger partial charge in [-0.2, -0.15) is 5.10 Å². The van der Waals surface area contributed by atoms with Crippen molar-refractivity contribution in [2.45, 2.75) is 12.8 Å². The topological polar surface area (TPSA) is 73.1 Å². The molecule has 1 saturated heterocycles. The van der Waals surface area contributed by atoms with Crippen LogP contribution in [0.15, 0.2) is 55.1 Å². The maximum absolute atomic E-state index is 12.5. The number of aromatic nitrogens is 4. The summed E-state index contributed by atoms with van der Waals surface area (Å²) in [5, 5.41) is 4.08. The Labute approximate surface area is 164 Å². The highest BCUT2D eigenvalue weighted by Crippen LogP contribution is 2.22. The van der Waals surface area contributed by atoms with Crippen molar-refractivity contribution in [3.8, 4) is 17.1 Å². The molecular formula is C21H23N5O2. The van der Waals surface area contributed by atoms with Crippen molar-refractivity contribution in [1.29, 1.82) is 0 Å². The SMILES string of the molecule is Cn1cc(C(=O)N2CCC(COc3cc(-c4ccccc4)ncn3)CC2)cn1. The third-order valence-corrected chi connectivity index (χ3v) is 5.03. The molecule has 144 valence electrons. The van der Waals surface area contributed by atoms with Gasteiger partial charge in [0.25, 0.3) is 5.91 Å². The van der Waals surface area contributed by atoms with Crippen LogP contribution >= 0.6 is 0 Å². The summed E-state index contributed by atoms with van der Waals surface area (Å²) >= 11 is 0. The number of carbonyl (C=O) groups is 1. The van der Waals surface area contributed by atoms with E-state index in [1.165, 1.54) is 6.33 Å². The lowest BCUT2D eigenvalue weighted by atomic mass is 9.97. The molecule has 1 aliphatic heterocycles. The number of nitrogens with zero attached hydrogens (tertiary/aromatic N) is 5. The number of hydrogen-bond donors (Lipinski definition) is 0. The first-order valence-corrected chi connectivity index (χ1v) is 9.47. The average Bonchev–Trinajstić information content (AvgIpc) is 3.19. The zero-order valence-electron chi connectivity index (χ0n) is 15.9. The fourth-order valence-corrected chi connectivity index (χ4v) is 3.41. The second-order valence-corrected chi connectivity index (χ2v) is 7.06. The van der Waals surface area contributed by atoms with Gasteiger partial charge in [-0.25, -0.2) is 9.97 Å². The molecule has 7 heteroatoms. The van der Waals surface area contributed by atoms with E-state index in [0.717, 1.165) is 37.2 Å².